The van der Waals surface area contributed by atoms with Crippen LogP contribution in [0.3, 0.4) is 0 Å². The average molecular weight is 529 g/mol. The molecule has 150 valence electrons. The van der Waals surface area contributed by atoms with Crippen molar-refractivity contribution in [3.8, 4) is 5.75 Å². The molecule has 0 spiro atoms. The van der Waals surface area contributed by atoms with E-state index in [4.69, 9.17) is 9.47 Å². The SMILES string of the molecule is Cc1ccc(SCCCCOc2cc3c(c(Br)c2Br)NC(=O)OC3(C)C)cc1. The van der Waals surface area contributed by atoms with Crippen molar-refractivity contribution in [3.63, 3.8) is 0 Å². The van der Waals surface area contributed by atoms with E-state index in [2.05, 4.69) is 68.4 Å². The van der Waals surface area contributed by atoms with Crippen molar-refractivity contribution in [2.24, 2.45) is 0 Å². The van der Waals surface area contributed by atoms with E-state index in [9.17, 15) is 4.79 Å². The molecule has 4 nitrogen and oxygen atoms in total. The van der Waals surface area contributed by atoms with Crippen LogP contribution in [0, 0.1) is 6.92 Å². The summed E-state index contributed by atoms with van der Waals surface area (Å²) in [5.41, 5.74) is 2.17. The molecule has 0 aliphatic carbocycles. The van der Waals surface area contributed by atoms with Gasteiger partial charge in [-0.05, 0) is 89.4 Å². The van der Waals surface area contributed by atoms with Crippen LogP contribution < -0.4 is 10.1 Å². The number of benzene rings is 2. The number of cyclic esters (lactones) is 1. The number of aryl methyl sites for hydroxylation is 1. The summed E-state index contributed by atoms with van der Waals surface area (Å²) in [5, 5.41) is 2.76. The fraction of sp³-hybridized carbons (Fsp3) is 0.381. The quantitative estimate of drug-likeness (QED) is 0.303. The van der Waals surface area contributed by atoms with Crippen LogP contribution in [-0.4, -0.2) is 18.5 Å². The Labute approximate surface area is 187 Å². The van der Waals surface area contributed by atoms with Crippen LogP contribution in [0.5, 0.6) is 5.75 Å². The fourth-order valence-electron chi connectivity index (χ4n) is 2.93. The van der Waals surface area contributed by atoms with Gasteiger partial charge in [0.05, 0.1) is 21.2 Å². The van der Waals surface area contributed by atoms with E-state index in [0.29, 0.717) is 6.61 Å². The normalized spacial score (nSPS) is 14.8. The molecule has 0 aromatic heterocycles. The number of carbonyl (C=O) groups excluding carboxylic acids is 1. The van der Waals surface area contributed by atoms with Crippen LogP contribution in [0.4, 0.5) is 10.5 Å². The van der Waals surface area contributed by atoms with Crippen LogP contribution in [-0.2, 0) is 10.3 Å². The number of unbranched alkanes of at least 4 members (excludes halogenated alkanes) is 1. The number of amides is 1. The topological polar surface area (TPSA) is 47.6 Å². The molecule has 0 radical (unpaired) electrons. The lowest BCUT2D eigenvalue weighted by molar-refractivity contribution is 0.0417. The van der Waals surface area contributed by atoms with Gasteiger partial charge in [0.25, 0.3) is 0 Å². The smallest absolute Gasteiger partial charge is 0.412 e. The Morgan fingerprint density at radius 3 is 2.57 bits per heavy atom. The van der Waals surface area contributed by atoms with Crippen LogP contribution >= 0.6 is 43.6 Å². The number of anilines is 1. The largest absolute Gasteiger partial charge is 0.492 e. The molecule has 28 heavy (non-hydrogen) atoms. The Bertz CT molecular complexity index is 869. The third kappa shape index (κ3) is 5.05. The predicted octanol–water partition coefficient (Wildman–Crippen LogP) is 7.27. The molecule has 1 aliphatic rings. The Kier molecular flexibility index (Phi) is 6.99. The molecule has 0 unspecified atom stereocenters. The minimum atomic E-state index is -0.719. The maximum absolute atomic E-state index is 11.8. The number of thioether (sulfide) groups is 1. The second-order valence-electron chi connectivity index (χ2n) is 7.17. The number of rotatable bonds is 7. The van der Waals surface area contributed by atoms with Gasteiger partial charge in [0, 0.05) is 10.5 Å². The summed E-state index contributed by atoms with van der Waals surface area (Å²) < 4.78 is 13.0. The molecule has 1 aliphatic heterocycles. The van der Waals surface area contributed by atoms with Gasteiger partial charge in [0.2, 0.25) is 0 Å². The molecule has 3 rings (SSSR count). The highest BCUT2D eigenvalue weighted by atomic mass is 79.9. The first-order valence-corrected chi connectivity index (χ1v) is 11.7. The Morgan fingerprint density at radius 2 is 1.86 bits per heavy atom. The summed E-state index contributed by atoms with van der Waals surface area (Å²) in [6.07, 6.45) is 1.59. The standard InChI is InChI=1S/C21H23Br2NO3S/c1-13-6-8-14(9-7-13)28-11-5-4-10-26-16-12-15-19(18(23)17(16)22)24-20(25)27-21(15,2)3/h6-9,12H,4-5,10-11H2,1-3H3,(H,24,25). The van der Waals surface area contributed by atoms with E-state index in [1.54, 1.807) is 0 Å². The molecule has 0 fully saturated rings. The van der Waals surface area contributed by atoms with Gasteiger partial charge in [-0.1, -0.05) is 17.7 Å². The summed E-state index contributed by atoms with van der Waals surface area (Å²) in [5.74, 6) is 1.80. The first-order valence-electron chi connectivity index (χ1n) is 9.12. The summed E-state index contributed by atoms with van der Waals surface area (Å²) in [6.45, 7) is 6.48. The summed E-state index contributed by atoms with van der Waals surface area (Å²) in [4.78, 5) is 13.1. The van der Waals surface area contributed by atoms with Gasteiger partial charge in [-0.3, -0.25) is 5.32 Å². The van der Waals surface area contributed by atoms with E-state index in [0.717, 1.165) is 44.5 Å². The van der Waals surface area contributed by atoms with Crippen molar-refractivity contribution in [2.45, 2.75) is 44.1 Å². The first-order chi connectivity index (χ1) is 13.3. The van der Waals surface area contributed by atoms with Crippen molar-refractivity contribution < 1.29 is 14.3 Å². The highest BCUT2D eigenvalue weighted by Gasteiger charge is 2.36. The van der Waals surface area contributed by atoms with E-state index >= 15 is 0 Å². The lowest BCUT2D eigenvalue weighted by atomic mass is 9.94. The first kappa shape index (κ1) is 21.5. The molecule has 1 amide bonds. The zero-order valence-electron chi connectivity index (χ0n) is 16.1. The number of halogens is 2. The van der Waals surface area contributed by atoms with Gasteiger partial charge in [0.15, 0.2) is 0 Å². The summed E-state index contributed by atoms with van der Waals surface area (Å²) in [6, 6.07) is 10.6. The molecular weight excluding hydrogens is 506 g/mol. The molecule has 0 saturated carbocycles. The molecule has 0 atom stereocenters. The highest BCUT2D eigenvalue weighted by molar-refractivity contribution is 9.13. The zero-order valence-corrected chi connectivity index (χ0v) is 20.1. The van der Waals surface area contributed by atoms with E-state index < -0.39 is 11.7 Å². The molecule has 2 aromatic rings. The Balaban J connectivity index is 1.55. The van der Waals surface area contributed by atoms with Crippen molar-refractivity contribution in [3.05, 3.63) is 50.4 Å². The second-order valence-corrected chi connectivity index (χ2v) is 9.92. The maximum Gasteiger partial charge on any atom is 0.412 e. The summed E-state index contributed by atoms with van der Waals surface area (Å²) in [7, 11) is 0. The third-order valence-corrected chi connectivity index (χ3v) is 7.69. The third-order valence-electron chi connectivity index (χ3n) is 4.48. The molecule has 0 saturated heterocycles. The number of carbonyl (C=O) groups is 1. The molecule has 1 heterocycles. The van der Waals surface area contributed by atoms with E-state index in [1.165, 1.54) is 10.5 Å². The van der Waals surface area contributed by atoms with Gasteiger partial charge >= 0.3 is 6.09 Å². The second kappa shape index (κ2) is 9.09. The molecule has 1 N–H and O–H groups in total. The van der Waals surface area contributed by atoms with Gasteiger partial charge < -0.3 is 9.47 Å². The number of ether oxygens (including phenoxy) is 2. The van der Waals surface area contributed by atoms with E-state index in [1.807, 2.05) is 31.7 Å². The molecule has 2 aromatic carbocycles. The monoisotopic (exact) mass is 527 g/mol. The molecule has 0 bridgehead atoms. The maximum atomic E-state index is 11.8. The average Bonchev–Trinajstić information content (AvgIpc) is 2.63. The van der Waals surface area contributed by atoms with Crippen molar-refractivity contribution >= 4 is 55.4 Å². The van der Waals surface area contributed by atoms with Gasteiger partial charge in [-0.25, -0.2) is 4.79 Å². The molecular formula is C21H23Br2NO3S. The minimum absolute atomic E-state index is 0.454. The van der Waals surface area contributed by atoms with Crippen LogP contribution in [0.15, 0.2) is 44.2 Å². The predicted molar refractivity (Wildman–Crippen MR) is 122 cm³/mol. The zero-order chi connectivity index (χ0) is 20.3. The number of nitrogens with one attached hydrogen (secondary N) is 1. The van der Waals surface area contributed by atoms with Crippen LogP contribution in [0.2, 0.25) is 0 Å². The Hall–Kier alpha value is -1.18. The number of hydrogen-bond donors (Lipinski definition) is 1. The van der Waals surface area contributed by atoms with E-state index in [-0.39, 0.29) is 0 Å². The van der Waals surface area contributed by atoms with Gasteiger partial charge in [0.1, 0.15) is 11.4 Å². The van der Waals surface area contributed by atoms with Crippen LogP contribution in [0.1, 0.15) is 37.8 Å². The van der Waals surface area contributed by atoms with Crippen molar-refractivity contribution in [2.75, 3.05) is 17.7 Å². The van der Waals surface area contributed by atoms with Crippen molar-refractivity contribution in [1.29, 1.82) is 0 Å². The van der Waals surface area contributed by atoms with Crippen molar-refractivity contribution in [1.82, 2.24) is 0 Å². The number of fused-ring (bicyclic) bond motifs is 1. The van der Waals surface area contributed by atoms with Crippen LogP contribution in [0.25, 0.3) is 0 Å². The Morgan fingerprint density at radius 1 is 1.14 bits per heavy atom. The lowest BCUT2D eigenvalue weighted by Crippen LogP contribution is -2.35. The minimum Gasteiger partial charge on any atom is -0.492 e. The molecule has 7 heteroatoms. The number of hydrogen-bond acceptors (Lipinski definition) is 4. The lowest BCUT2D eigenvalue weighted by Gasteiger charge is -2.33. The van der Waals surface area contributed by atoms with Gasteiger partial charge in [-0.2, -0.15) is 0 Å². The summed E-state index contributed by atoms with van der Waals surface area (Å²) >= 11 is 9.00. The van der Waals surface area contributed by atoms with Gasteiger partial charge in [-0.15, -0.1) is 11.8 Å². The highest BCUT2D eigenvalue weighted by Crippen LogP contribution is 2.47. The fourth-order valence-corrected chi connectivity index (χ4v) is 4.78.